The zero-order valence-electron chi connectivity index (χ0n) is 19.7. The van der Waals surface area contributed by atoms with E-state index in [9.17, 15) is 13.2 Å². The number of likely N-dealkylation sites (tertiary alicyclic amines) is 1. The quantitative estimate of drug-likeness (QED) is 0.662. The Balaban J connectivity index is 1.13. The summed E-state index contributed by atoms with van der Waals surface area (Å²) in [6.07, 6.45) is 0.298. The molecule has 3 aliphatic heterocycles. The molecule has 9 heteroatoms. The zero-order valence-corrected chi connectivity index (χ0v) is 19.7. The SMILES string of the molecule is FC(F)(F)c1cc(-c2ccc3c(c2)OCC3)nnc1NC1C[C@@H]2CN(CC3CCOCC3)C[C@@H]2C1. The van der Waals surface area contributed by atoms with Gasteiger partial charge in [0.2, 0.25) is 0 Å². The number of halogens is 3. The third-order valence-corrected chi connectivity index (χ3v) is 8.12. The number of rotatable bonds is 5. The summed E-state index contributed by atoms with van der Waals surface area (Å²) in [5.41, 5.74) is 1.08. The Hall–Kier alpha value is -2.39. The van der Waals surface area contributed by atoms with Gasteiger partial charge in [-0.05, 0) is 61.1 Å². The van der Waals surface area contributed by atoms with Gasteiger partial charge >= 0.3 is 6.18 Å². The molecule has 0 radical (unpaired) electrons. The van der Waals surface area contributed by atoms with E-state index in [4.69, 9.17) is 9.47 Å². The molecule has 0 bridgehead atoms. The van der Waals surface area contributed by atoms with E-state index in [1.54, 1.807) is 12.1 Å². The fourth-order valence-electron chi connectivity index (χ4n) is 6.33. The number of ether oxygens (including phenoxy) is 2. The van der Waals surface area contributed by atoms with Crippen LogP contribution in [0, 0.1) is 17.8 Å². The lowest BCUT2D eigenvalue weighted by atomic mass is 10.00. The summed E-state index contributed by atoms with van der Waals surface area (Å²) < 4.78 is 53.0. The lowest BCUT2D eigenvalue weighted by Gasteiger charge is -2.28. The van der Waals surface area contributed by atoms with Crippen LogP contribution in [0.25, 0.3) is 11.3 Å². The molecule has 6 rings (SSSR count). The Bertz CT molecular complexity index is 1060. The fourth-order valence-corrected chi connectivity index (χ4v) is 6.33. The minimum absolute atomic E-state index is 0.00937. The van der Waals surface area contributed by atoms with Gasteiger partial charge in [-0.3, -0.25) is 0 Å². The Kier molecular flexibility index (Phi) is 6.08. The van der Waals surface area contributed by atoms with Crippen LogP contribution in [0.1, 0.15) is 36.8 Å². The van der Waals surface area contributed by atoms with Crippen molar-refractivity contribution in [3.63, 3.8) is 0 Å². The van der Waals surface area contributed by atoms with Gasteiger partial charge < -0.3 is 19.7 Å². The summed E-state index contributed by atoms with van der Waals surface area (Å²) in [6.45, 7) is 5.51. The van der Waals surface area contributed by atoms with E-state index < -0.39 is 11.7 Å². The van der Waals surface area contributed by atoms with E-state index in [2.05, 4.69) is 20.4 Å². The molecule has 0 spiro atoms. The van der Waals surface area contributed by atoms with E-state index >= 15 is 0 Å². The molecule has 4 aliphatic rings. The molecule has 35 heavy (non-hydrogen) atoms. The number of hydrogen-bond donors (Lipinski definition) is 1. The maximum Gasteiger partial charge on any atom is 0.420 e. The number of aromatic nitrogens is 2. The smallest absolute Gasteiger partial charge is 0.420 e. The van der Waals surface area contributed by atoms with E-state index in [0.717, 1.165) is 76.6 Å². The molecule has 1 aromatic carbocycles. The average Bonchev–Trinajstić information content (AvgIpc) is 3.54. The van der Waals surface area contributed by atoms with Crippen molar-refractivity contribution in [2.45, 2.75) is 44.3 Å². The second kappa shape index (κ2) is 9.24. The topological polar surface area (TPSA) is 59.5 Å². The summed E-state index contributed by atoms with van der Waals surface area (Å²) >= 11 is 0. The van der Waals surface area contributed by atoms with Gasteiger partial charge in [-0.25, -0.2) is 0 Å². The Labute approximate surface area is 203 Å². The molecule has 188 valence electrons. The summed E-state index contributed by atoms with van der Waals surface area (Å²) in [7, 11) is 0. The number of nitrogens with one attached hydrogen (secondary N) is 1. The standard InChI is InChI=1S/C26H31F3N4O2/c27-26(28,29)22-12-23(18-2-1-17-5-8-35-24(17)11-18)31-32-25(22)30-21-9-19-14-33(15-20(19)10-21)13-16-3-6-34-7-4-16/h1-2,11-12,16,19-21H,3-10,13-15H2,(H,30,32)/t19-,20+,21?. The lowest BCUT2D eigenvalue weighted by Crippen LogP contribution is -2.32. The highest BCUT2D eigenvalue weighted by molar-refractivity contribution is 5.65. The lowest BCUT2D eigenvalue weighted by molar-refractivity contribution is -0.137. The van der Waals surface area contributed by atoms with Crippen molar-refractivity contribution in [3.05, 3.63) is 35.4 Å². The van der Waals surface area contributed by atoms with Crippen LogP contribution in [0.3, 0.4) is 0 Å². The molecule has 1 aromatic heterocycles. The molecule has 1 aliphatic carbocycles. The van der Waals surface area contributed by atoms with E-state index in [1.165, 1.54) is 0 Å². The maximum absolute atomic E-state index is 14.0. The van der Waals surface area contributed by atoms with Crippen molar-refractivity contribution in [1.29, 1.82) is 0 Å². The van der Waals surface area contributed by atoms with Crippen molar-refractivity contribution >= 4 is 5.82 Å². The van der Waals surface area contributed by atoms with Gasteiger partial charge in [-0.1, -0.05) is 12.1 Å². The second-order valence-corrected chi connectivity index (χ2v) is 10.5. The van der Waals surface area contributed by atoms with Gasteiger partial charge in [0.1, 0.15) is 11.3 Å². The normalized spacial score (nSPS) is 27.0. The van der Waals surface area contributed by atoms with Crippen LogP contribution in [-0.4, -0.2) is 60.6 Å². The number of benzene rings is 1. The minimum Gasteiger partial charge on any atom is -0.493 e. The number of fused-ring (bicyclic) bond motifs is 2. The van der Waals surface area contributed by atoms with Crippen molar-refractivity contribution in [2.75, 3.05) is 44.8 Å². The summed E-state index contributed by atoms with van der Waals surface area (Å²) in [6, 6.07) is 6.53. The van der Waals surface area contributed by atoms with Crippen molar-refractivity contribution in [3.8, 4) is 17.0 Å². The Morgan fingerprint density at radius 1 is 1.00 bits per heavy atom. The third-order valence-electron chi connectivity index (χ3n) is 8.12. The van der Waals surface area contributed by atoms with Crippen LogP contribution in [0.15, 0.2) is 24.3 Å². The van der Waals surface area contributed by atoms with Crippen LogP contribution < -0.4 is 10.1 Å². The predicted octanol–water partition coefficient (Wildman–Crippen LogP) is 4.65. The van der Waals surface area contributed by atoms with Crippen LogP contribution in [-0.2, 0) is 17.3 Å². The van der Waals surface area contributed by atoms with Gasteiger partial charge in [0.15, 0.2) is 5.82 Å². The minimum atomic E-state index is -4.52. The highest BCUT2D eigenvalue weighted by Gasteiger charge is 2.43. The van der Waals surface area contributed by atoms with Gasteiger partial charge in [0, 0.05) is 50.9 Å². The summed E-state index contributed by atoms with van der Waals surface area (Å²) in [5, 5.41) is 11.3. The molecular weight excluding hydrogens is 457 g/mol. The first-order chi connectivity index (χ1) is 16.9. The van der Waals surface area contributed by atoms with E-state index in [-0.39, 0.29) is 17.6 Å². The Morgan fingerprint density at radius 2 is 1.77 bits per heavy atom. The number of nitrogens with zero attached hydrogens (tertiary/aromatic N) is 3. The average molecular weight is 489 g/mol. The predicted molar refractivity (Wildman–Crippen MR) is 125 cm³/mol. The number of anilines is 1. The van der Waals surface area contributed by atoms with Crippen LogP contribution >= 0.6 is 0 Å². The molecule has 1 unspecified atom stereocenters. The Morgan fingerprint density at radius 3 is 2.51 bits per heavy atom. The van der Waals surface area contributed by atoms with E-state index in [0.29, 0.717) is 35.7 Å². The van der Waals surface area contributed by atoms with Crippen LogP contribution in [0.4, 0.5) is 19.0 Å². The van der Waals surface area contributed by atoms with Crippen molar-refractivity contribution in [1.82, 2.24) is 15.1 Å². The molecule has 1 saturated carbocycles. The zero-order chi connectivity index (χ0) is 24.0. The first kappa shape index (κ1) is 23.0. The maximum atomic E-state index is 14.0. The monoisotopic (exact) mass is 488 g/mol. The number of hydrogen-bond acceptors (Lipinski definition) is 6. The van der Waals surface area contributed by atoms with Crippen molar-refractivity contribution in [2.24, 2.45) is 17.8 Å². The highest BCUT2D eigenvalue weighted by Crippen LogP contribution is 2.42. The summed E-state index contributed by atoms with van der Waals surface area (Å²) in [5.74, 6) is 2.31. The number of alkyl halides is 3. The van der Waals surface area contributed by atoms with Crippen LogP contribution in [0.2, 0.25) is 0 Å². The third kappa shape index (κ3) is 4.85. The summed E-state index contributed by atoms with van der Waals surface area (Å²) in [4.78, 5) is 2.55. The second-order valence-electron chi connectivity index (χ2n) is 10.5. The largest absolute Gasteiger partial charge is 0.493 e. The molecule has 2 saturated heterocycles. The molecule has 2 aromatic rings. The first-order valence-corrected chi connectivity index (χ1v) is 12.7. The molecule has 0 amide bonds. The molecule has 3 atom stereocenters. The molecule has 4 heterocycles. The first-order valence-electron chi connectivity index (χ1n) is 12.7. The van der Waals surface area contributed by atoms with Gasteiger partial charge in [-0.15, -0.1) is 10.2 Å². The highest BCUT2D eigenvalue weighted by atomic mass is 19.4. The van der Waals surface area contributed by atoms with Gasteiger partial charge in [0.05, 0.1) is 12.3 Å². The molecule has 6 nitrogen and oxygen atoms in total. The molecule has 3 fully saturated rings. The van der Waals surface area contributed by atoms with Gasteiger partial charge in [-0.2, -0.15) is 13.2 Å². The molecular formula is C26H31F3N4O2. The van der Waals surface area contributed by atoms with Crippen molar-refractivity contribution < 1.29 is 22.6 Å². The van der Waals surface area contributed by atoms with Gasteiger partial charge in [0.25, 0.3) is 0 Å². The van der Waals surface area contributed by atoms with Crippen LogP contribution in [0.5, 0.6) is 5.75 Å². The fraction of sp³-hybridized carbons (Fsp3) is 0.615. The van der Waals surface area contributed by atoms with E-state index in [1.807, 2.05) is 6.07 Å². The molecule has 1 N–H and O–H groups in total.